The summed E-state index contributed by atoms with van der Waals surface area (Å²) in [4.78, 5) is 2.14. The van der Waals surface area contributed by atoms with E-state index in [-0.39, 0.29) is 6.04 Å². The smallest absolute Gasteiger partial charge is 0.0454 e. The summed E-state index contributed by atoms with van der Waals surface area (Å²) in [6.45, 7) is 4.02. The molecule has 0 amide bonds. The molecule has 0 bridgehead atoms. The van der Waals surface area contributed by atoms with Gasteiger partial charge < -0.3 is 10.2 Å². The molecule has 0 radical (unpaired) electrons. The molecule has 0 aliphatic rings. The highest BCUT2D eigenvalue weighted by Gasteiger charge is 2.09. The van der Waals surface area contributed by atoms with Crippen LogP contribution in [0.15, 0.2) is 18.2 Å². The van der Waals surface area contributed by atoms with Gasteiger partial charge in [0.05, 0.1) is 0 Å². The topological polar surface area (TPSA) is 15.3 Å². The third kappa shape index (κ3) is 4.30. The summed E-state index contributed by atoms with van der Waals surface area (Å²) in [5.74, 6) is 0. The minimum Gasteiger partial charge on any atom is -0.309 e. The van der Waals surface area contributed by atoms with Crippen molar-refractivity contribution in [3.05, 3.63) is 33.8 Å². The summed E-state index contributed by atoms with van der Waals surface area (Å²) >= 11 is 12.1. The van der Waals surface area contributed by atoms with Crippen LogP contribution < -0.4 is 5.32 Å². The van der Waals surface area contributed by atoms with E-state index in [9.17, 15) is 0 Å². The Labute approximate surface area is 108 Å². The van der Waals surface area contributed by atoms with Crippen LogP contribution in [-0.2, 0) is 0 Å². The molecular weight excluding hydrogens is 243 g/mol. The van der Waals surface area contributed by atoms with E-state index < -0.39 is 0 Å². The number of hydrogen-bond acceptors (Lipinski definition) is 2. The molecule has 1 aromatic carbocycles. The molecule has 1 aromatic rings. The van der Waals surface area contributed by atoms with Crippen molar-refractivity contribution >= 4 is 23.2 Å². The first-order valence-corrected chi connectivity index (χ1v) is 6.09. The number of likely N-dealkylation sites (N-methyl/N-ethyl adjacent to an activating group) is 1. The van der Waals surface area contributed by atoms with E-state index in [0.717, 1.165) is 28.7 Å². The molecule has 2 nitrogen and oxygen atoms in total. The summed E-state index contributed by atoms with van der Waals surface area (Å²) in [6.07, 6.45) is 0. The van der Waals surface area contributed by atoms with Crippen molar-refractivity contribution in [1.29, 1.82) is 0 Å². The van der Waals surface area contributed by atoms with E-state index >= 15 is 0 Å². The van der Waals surface area contributed by atoms with Crippen LogP contribution in [0.4, 0.5) is 0 Å². The first kappa shape index (κ1) is 13.8. The molecule has 0 fully saturated rings. The van der Waals surface area contributed by atoms with Gasteiger partial charge in [-0.2, -0.15) is 0 Å². The zero-order chi connectivity index (χ0) is 12.1. The molecule has 1 unspecified atom stereocenters. The molecule has 0 aliphatic heterocycles. The molecule has 0 saturated carbocycles. The zero-order valence-corrected chi connectivity index (χ0v) is 11.4. The lowest BCUT2D eigenvalue weighted by Gasteiger charge is -2.17. The lowest BCUT2D eigenvalue weighted by Crippen LogP contribution is -2.28. The Hall–Kier alpha value is -0.280. The van der Waals surface area contributed by atoms with E-state index in [1.54, 1.807) is 6.07 Å². The molecule has 0 heterocycles. The van der Waals surface area contributed by atoms with Crippen molar-refractivity contribution in [1.82, 2.24) is 10.2 Å². The summed E-state index contributed by atoms with van der Waals surface area (Å²) in [5.41, 5.74) is 1.05. The Kier molecular flexibility index (Phi) is 5.56. The highest BCUT2D eigenvalue weighted by Crippen LogP contribution is 2.25. The maximum absolute atomic E-state index is 6.12. The van der Waals surface area contributed by atoms with Crippen LogP contribution in [0, 0.1) is 0 Å². The number of benzene rings is 1. The Balaban J connectivity index is 2.58. The molecular formula is C12H18Cl2N2. The van der Waals surface area contributed by atoms with Gasteiger partial charge in [-0.25, -0.2) is 0 Å². The Morgan fingerprint density at radius 2 is 2.00 bits per heavy atom. The normalized spacial score (nSPS) is 13.1. The largest absolute Gasteiger partial charge is 0.309 e. The van der Waals surface area contributed by atoms with Gasteiger partial charge in [-0.15, -0.1) is 0 Å². The molecule has 1 rings (SSSR count). The van der Waals surface area contributed by atoms with Gasteiger partial charge in [0.25, 0.3) is 0 Å². The molecule has 90 valence electrons. The van der Waals surface area contributed by atoms with Crippen molar-refractivity contribution in [3.8, 4) is 0 Å². The summed E-state index contributed by atoms with van der Waals surface area (Å²) in [7, 11) is 4.11. The second-order valence-electron chi connectivity index (χ2n) is 4.14. The van der Waals surface area contributed by atoms with Crippen LogP contribution in [0.25, 0.3) is 0 Å². The zero-order valence-electron chi connectivity index (χ0n) is 9.93. The Morgan fingerprint density at radius 3 is 2.62 bits per heavy atom. The Morgan fingerprint density at radius 1 is 1.31 bits per heavy atom. The fourth-order valence-corrected chi connectivity index (χ4v) is 1.92. The quantitative estimate of drug-likeness (QED) is 0.875. The van der Waals surface area contributed by atoms with Gasteiger partial charge >= 0.3 is 0 Å². The number of nitrogens with one attached hydrogen (secondary N) is 1. The molecule has 0 spiro atoms. The van der Waals surface area contributed by atoms with Crippen LogP contribution in [0.2, 0.25) is 10.0 Å². The molecule has 1 N–H and O–H groups in total. The number of halogens is 2. The average molecular weight is 261 g/mol. The fraction of sp³-hybridized carbons (Fsp3) is 0.500. The van der Waals surface area contributed by atoms with Gasteiger partial charge in [-0.3, -0.25) is 0 Å². The molecule has 0 aromatic heterocycles. The highest BCUT2D eigenvalue weighted by atomic mass is 35.5. The summed E-state index contributed by atoms with van der Waals surface area (Å²) in [6, 6.07) is 5.77. The maximum atomic E-state index is 6.12. The van der Waals surface area contributed by atoms with Gasteiger partial charge in [0.15, 0.2) is 0 Å². The van der Waals surface area contributed by atoms with Crippen molar-refractivity contribution in [2.45, 2.75) is 13.0 Å². The summed E-state index contributed by atoms with van der Waals surface area (Å²) < 4.78 is 0. The summed E-state index contributed by atoms with van der Waals surface area (Å²) in [5, 5.41) is 4.89. The van der Waals surface area contributed by atoms with E-state index in [1.165, 1.54) is 0 Å². The van der Waals surface area contributed by atoms with Crippen LogP contribution in [0.5, 0.6) is 0 Å². The fourth-order valence-electron chi connectivity index (χ4n) is 1.46. The first-order valence-electron chi connectivity index (χ1n) is 5.33. The molecule has 1 atom stereocenters. The van der Waals surface area contributed by atoms with E-state index in [4.69, 9.17) is 23.2 Å². The first-order chi connectivity index (χ1) is 7.50. The van der Waals surface area contributed by atoms with Crippen molar-refractivity contribution in [2.75, 3.05) is 27.2 Å². The highest BCUT2D eigenvalue weighted by molar-refractivity contribution is 6.33. The average Bonchev–Trinajstić information content (AvgIpc) is 2.21. The lowest BCUT2D eigenvalue weighted by molar-refractivity contribution is 0.389. The van der Waals surface area contributed by atoms with Gasteiger partial charge in [0.2, 0.25) is 0 Å². The van der Waals surface area contributed by atoms with Crippen LogP contribution in [0.3, 0.4) is 0 Å². The molecule has 4 heteroatoms. The van der Waals surface area contributed by atoms with E-state index in [1.807, 2.05) is 12.1 Å². The number of hydrogen-bond donors (Lipinski definition) is 1. The van der Waals surface area contributed by atoms with Crippen LogP contribution in [0.1, 0.15) is 18.5 Å². The monoisotopic (exact) mass is 260 g/mol. The minimum absolute atomic E-state index is 0.214. The van der Waals surface area contributed by atoms with Crippen LogP contribution >= 0.6 is 23.2 Å². The standard InChI is InChI=1S/C12H18Cl2N2/c1-9(15-6-7-16(2)3)11-8-10(13)4-5-12(11)14/h4-5,8-9,15H,6-7H2,1-3H3. The van der Waals surface area contributed by atoms with Crippen molar-refractivity contribution in [3.63, 3.8) is 0 Å². The number of rotatable bonds is 5. The van der Waals surface area contributed by atoms with E-state index in [2.05, 4.69) is 31.2 Å². The van der Waals surface area contributed by atoms with Gasteiger partial charge in [-0.1, -0.05) is 23.2 Å². The second kappa shape index (κ2) is 6.45. The minimum atomic E-state index is 0.214. The van der Waals surface area contributed by atoms with Crippen molar-refractivity contribution in [2.24, 2.45) is 0 Å². The SMILES string of the molecule is CC(NCCN(C)C)c1cc(Cl)ccc1Cl. The number of nitrogens with zero attached hydrogens (tertiary/aromatic N) is 1. The third-order valence-corrected chi connectivity index (χ3v) is 3.01. The predicted octanol–water partition coefficient (Wildman–Crippen LogP) is 3.21. The van der Waals surface area contributed by atoms with Crippen LogP contribution in [-0.4, -0.2) is 32.1 Å². The third-order valence-electron chi connectivity index (χ3n) is 2.43. The van der Waals surface area contributed by atoms with E-state index in [0.29, 0.717) is 0 Å². The molecule has 0 aliphatic carbocycles. The van der Waals surface area contributed by atoms with Gasteiger partial charge in [0, 0.05) is 29.2 Å². The predicted molar refractivity (Wildman–Crippen MR) is 71.4 cm³/mol. The lowest BCUT2D eigenvalue weighted by atomic mass is 10.1. The van der Waals surface area contributed by atoms with Gasteiger partial charge in [0.1, 0.15) is 0 Å². The second-order valence-corrected chi connectivity index (χ2v) is 4.99. The van der Waals surface area contributed by atoms with Crippen molar-refractivity contribution < 1.29 is 0 Å². The maximum Gasteiger partial charge on any atom is 0.0454 e. The Bertz CT molecular complexity index is 340. The molecule has 16 heavy (non-hydrogen) atoms. The van der Waals surface area contributed by atoms with Gasteiger partial charge in [-0.05, 0) is 44.8 Å². The molecule has 0 saturated heterocycles.